The number of rotatable bonds is 6. The van der Waals surface area contributed by atoms with Gasteiger partial charge in [-0.1, -0.05) is 0 Å². The molecule has 2 aromatic heterocycles. The Hall–Kier alpha value is -2.25. The number of benzene rings is 1. The molecule has 7 heteroatoms. The quantitative estimate of drug-likeness (QED) is 0.725. The van der Waals surface area contributed by atoms with Gasteiger partial charge >= 0.3 is 0 Å². The normalized spacial score (nSPS) is 12.3. The Balaban J connectivity index is 1.83. The Labute approximate surface area is 136 Å². The van der Waals surface area contributed by atoms with Gasteiger partial charge < -0.3 is 15.2 Å². The van der Waals surface area contributed by atoms with Crippen LogP contribution in [0.5, 0.6) is 5.75 Å². The van der Waals surface area contributed by atoms with Crippen molar-refractivity contribution in [1.82, 2.24) is 9.97 Å². The van der Waals surface area contributed by atoms with Crippen LogP contribution in [0.4, 0.5) is 10.2 Å². The van der Waals surface area contributed by atoms with E-state index in [0.717, 1.165) is 26.6 Å². The van der Waals surface area contributed by atoms with Crippen molar-refractivity contribution >= 4 is 27.4 Å². The molecule has 2 N–H and O–H groups in total. The number of aromatic nitrogens is 2. The molecule has 0 spiro atoms. The number of aliphatic hydroxyl groups is 1. The van der Waals surface area contributed by atoms with Crippen molar-refractivity contribution in [2.75, 3.05) is 25.6 Å². The van der Waals surface area contributed by atoms with Crippen LogP contribution >= 0.6 is 11.3 Å². The summed E-state index contributed by atoms with van der Waals surface area (Å²) in [4.78, 5) is 8.87. The maximum atomic E-state index is 12.2. The number of hydrogen-bond donors (Lipinski definition) is 2. The summed E-state index contributed by atoms with van der Waals surface area (Å²) in [6.45, 7) is -0.883. The number of fused-ring (bicyclic) bond motifs is 1. The average Bonchev–Trinajstić information content (AvgIpc) is 3.03. The highest BCUT2D eigenvalue weighted by Gasteiger charge is 2.09. The third-order valence-corrected chi connectivity index (χ3v) is 4.31. The summed E-state index contributed by atoms with van der Waals surface area (Å²) in [5.41, 5.74) is 1.81. The molecule has 0 radical (unpaired) electrons. The molecule has 2 heterocycles. The summed E-state index contributed by atoms with van der Waals surface area (Å²) in [5, 5.41) is 13.1. The first kappa shape index (κ1) is 15.6. The summed E-state index contributed by atoms with van der Waals surface area (Å²) < 4.78 is 18.6. The van der Waals surface area contributed by atoms with Gasteiger partial charge in [0.25, 0.3) is 0 Å². The van der Waals surface area contributed by atoms with Crippen LogP contribution in [0, 0.1) is 0 Å². The monoisotopic (exact) mass is 333 g/mol. The van der Waals surface area contributed by atoms with Gasteiger partial charge in [-0.15, -0.1) is 11.3 Å². The van der Waals surface area contributed by atoms with Crippen LogP contribution in [0.2, 0.25) is 0 Å². The summed E-state index contributed by atoms with van der Waals surface area (Å²) >= 11 is 1.53. The lowest BCUT2D eigenvalue weighted by Gasteiger charge is -2.08. The second-order valence-corrected chi connectivity index (χ2v) is 5.98. The molecule has 120 valence electrons. The fourth-order valence-electron chi connectivity index (χ4n) is 2.02. The number of thiazole rings is 1. The minimum absolute atomic E-state index is 0.0664. The zero-order valence-corrected chi connectivity index (χ0v) is 13.3. The number of pyridine rings is 1. The third-order valence-electron chi connectivity index (χ3n) is 3.25. The van der Waals surface area contributed by atoms with Gasteiger partial charge in [-0.2, -0.15) is 0 Å². The molecule has 1 aromatic carbocycles. The fourth-order valence-corrected chi connectivity index (χ4v) is 3.01. The number of aliphatic hydroxyl groups excluding tert-OH is 1. The van der Waals surface area contributed by atoms with E-state index in [1.54, 1.807) is 12.3 Å². The largest absolute Gasteiger partial charge is 0.491 e. The highest BCUT2D eigenvalue weighted by Crippen LogP contribution is 2.32. The van der Waals surface area contributed by atoms with Gasteiger partial charge in [0.1, 0.15) is 36.0 Å². The molecule has 0 aliphatic carbocycles. The molecular weight excluding hydrogens is 317 g/mol. The highest BCUT2D eigenvalue weighted by atomic mass is 32.1. The lowest BCUT2D eigenvalue weighted by atomic mass is 10.3. The number of alkyl halides is 1. The predicted molar refractivity (Wildman–Crippen MR) is 89.9 cm³/mol. The lowest BCUT2D eigenvalue weighted by Crippen LogP contribution is -2.19. The Morgan fingerprint density at radius 3 is 2.91 bits per heavy atom. The first-order chi connectivity index (χ1) is 11.2. The number of ether oxygens (including phenoxy) is 1. The lowest BCUT2D eigenvalue weighted by molar-refractivity contribution is 0.0842. The van der Waals surface area contributed by atoms with Crippen molar-refractivity contribution in [3.63, 3.8) is 0 Å². The number of nitrogens with one attached hydrogen (secondary N) is 1. The van der Waals surface area contributed by atoms with Crippen molar-refractivity contribution in [2.45, 2.75) is 6.10 Å². The molecule has 1 atom stereocenters. The molecule has 0 aliphatic heterocycles. The van der Waals surface area contributed by atoms with Crippen LogP contribution in [0.1, 0.15) is 0 Å². The Kier molecular flexibility index (Phi) is 4.68. The number of nitrogens with zero attached hydrogens (tertiary/aromatic N) is 2. The second-order valence-electron chi connectivity index (χ2n) is 4.95. The molecule has 3 rings (SSSR count). The Morgan fingerprint density at radius 2 is 2.22 bits per heavy atom. The summed E-state index contributed by atoms with van der Waals surface area (Å²) in [7, 11) is 1.82. The summed E-state index contributed by atoms with van der Waals surface area (Å²) in [5.74, 6) is 1.39. The van der Waals surface area contributed by atoms with E-state index in [0.29, 0.717) is 5.75 Å². The van der Waals surface area contributed by atoms with E-state index in [-0.39, 0.29) is 6.61 Å². The summed E-state index contributed by atoms with van der Waals surface area (Å²) in [6.07, 6.45) is 0.679. The van der Waals surface area contributed by atoms with Gasteiger partial charge in [-0.25, -0.2) is 14.4 Å². The van der Waals surface area contributed by atoms with Gasteiger partial charge in [0.15, 0.2) is 0 Å². The summed E-state index contributed by atoms with van der Waals surface area (Å²) in [6, 6.07) is 9.32. The van der Waals surface area contributed by atoms with Crippen LogP contribution in [0.25, 0.3) is 20.8 Å². The zero-order chi connectivity index (χ0) is 16.2. The molecule has 0 fully saturated rings. The first-order valence-electron chi connectivity index (χ1n) is 7.11. The molecular formula is C16H16FN3O2S. The molecule has 0 unspecified atom stereocenters. The van der Waals surface area contributed by atoms with E-state index in [1.807, 2.05) is 31.3 Å². The Morgan fingerprint density at radius 1 is 1.35 bits per heavy atom. The minimum Gasteiger partial charge on any atom is -0.491 e. The maximum absolute atomic E-state index is 12.2. The van der Waals surface area contributed by atoms with E-state index in [4.69, 9.17) is 4.74 Å². The molecule has 0 amide bonds. The smallest absolute Gasteiger partial charge is 0.126 e. The number of hydrogen-bond acceptors (Lipinski definition) is 6. The van der Waals surface area contributed by atoms with Crippen molar-refractivity contribution < 1.29 is 14.2 Å². The SMILES string of the molecule is CNc1ccc(-c2nc3ccc(OC[C@@H](O)CF)cc3s2)cn1. The van der Waals surface area contributed by atoms with E-state index < -0.39 is 12.8 Å². The van der Waals surface area contributed by atoms with E-state index in [2.05, 4.69) is 15.3 Å². The topological polar surface area (TPSA) is 67.3 Å². The molecule has 5 nitrogen and oxygen atoms in total. The minimum atomic E-state index is -1.10. The molecule has 23 heavy (non-hydrogen) atoms. The third kappa shape index (κ3) is 3.57. The number of anilines is 1. The van der Waals surface area contributed by atoms with Crippen LogP contribution < -0.4 is 10.1 Å². The van der Waals surface area contributed by atoms with Crippen LogP contribution in [0.15, 0.2) is 36.5 Å². The van der Waals surface area contributed by atoms with Crippen molar-refractivity contribution in [1.29, 1.82) is 0 Å². The van der Waals surface area contributed by atoms with Gasteiger partial charge in [0.2, 0.25) is 0 Å². The maximum Gasteiger partial charge on any atom is 0.126 e. The van der Waals surface area contributed by atoms with Crippen molar-refractivity contribution in [2.24, 2.45) is 0 Å². The van der Waals surface area contributed by atoms with E-state index in [9.17, 15) is 9.50 Å². The van der Waals surface area contributed by atoms with Crippen LogP contribution in [-0.2, 0) is 0 Å². The molecule has 0 saturated carbocycles. The van der Waals surface area contributed by atoms with Gasteiger partial charge in [-0.05, 0) is 30.3 Å². The van der Waals surface area contributed by atoms with E-state index >= 15 is 0 Å². The van der Waals surface area contributed by atoms with Gasteiger partial charge in [0.05, 0.1) is 10.2 Å². The Bertz CT molecular complexity index is 792. The zero-order valence-electron chi connectivity index (χ0n) is 12.5. The predicted octanol–water partition coefficient (Wildman–Crippen LogP) is 3.11. The first-order valence-corrected chi connectivity index (χ1v) is 7.93. The van der Waals surface area contributed by atoms with Gasteiger partial charge in [-0.3, -0.25) is 0 Å². The molecule has 0 aliphatic rings. The standard InChI is InChI=1S/C16H16FN3O2S/c1-18-15-5-2-10(8-19-15)16-20-13-4-3-12(6-14(13)23-16)22-9-11(21)7-17/h2-6,8,11,21H,7,9H2,1H3,(H,18,19)/t11-/m0/s1. The molecule has 3 aromatic rings. The highest BCUT2D eigenvalue weighted by molar-refractivity contribution is 7.21. The second kappa shape index (κ2) is 6.89. The molecule has 0 bridgehead atoms. The van der Waals surface area contributed by atoms with Crippen LogP contribution in [-0.4, -0.2) is 41.5 Å². The van der Waals surface area contributed by atoms with Crippen molar-refractivity contribution in [3.05, 3.63) is 36.5 Å². The van der Waals surface area contributed by atoms with E-state index in [1.165, 1.54) is 11.3 Å². The fraction of sp³-hybridized carbons (Fsp3) is 0.250. The molecule has 0 saturated heterocycles. The van der Waals surface area contributed by atoms with Gasteiger partial charge in [0, 0.05) is 18.8 Å². The average molecular weight is 333 g/mol. The van der Waals surface area contributed by atoms with Crippen LogP contribution in [0.3, 0.4) is 0 Å². The number of halogens is 1. The van der Waals surface area contributed by atoms with Crippen molar-refractivity contribution in [3.8, 4) is 16.3 Å².